The predicted octanol–water partition coefficient (Wildman–Crippen LogP) is 1.38. The minimum atomic E-state index is -3.63. The van der Waals surface area contributed by atoms with Gasteiger partial charge < -0.3 is 0 Å². The summed E-state index contributed by atoms with van der Waals surface area (Å²) < 4.78 is 28.4. The molecule has 90 valence electrons. The molecule has 1 aromatic heterocycles. The molecule has 0 unspecified atom stereocenters. The van der Waals surface area contributed by atoms with Gasteiger partial charge in [-0.05, 0) is 18.2 Å². The van der Waals surface area contributed by atoms with Gasteiger partial charge in [-0.3, -0.25) is 0 Å². The van der Waals surface area contributed by atoms with Crippen LogP contribution in [0.5, 0.6) is 0 Å². The van der Waals surface area contributed by atoms with Gasteiger partial charge in [0.05, 0.1) is 4.90 Å². The van der Waals surface area contributed by atoms with Crippen LogP contribution in [0.25, 0.3) is 0 Å². The van der Waals surface area contributed by atoms with E-state index in [9.17, 15) is 8.42 Å². The topological polar surface area (TPSA) is 76.9 Å². The molecule has 0 aliphatic rings. The number of anilines is 1. The van der Waals surface area contributed by atoms with Gasteiger partial charge in [0.2, 0.25) is 5.95 Å². The monoisotopic (exact) mass is 316 g/mol. The van der Waals surface area contributed by atoms with Crippen LogP contribution < -0.4 is 4.72 Å². The summed E-state index contributed by atoms with van der Waals surface area (Å²) in [6.45, 7) is 0. The number of sulfonamides is 1. The molecule has 0 saturated heterocycles. The van der Waals surface area contributed by atoms with Gasteiger partial charge in [-0.25, -0.2) is 17.8 Å². The van der Waals surface area contributed by atoms with Gasteiger partial charge in [0.15, 0.2) is 0 Å². The first kappa shape index (κ1) is 12.1. The summed E-state index contributed by atoms with van der Waals surface area (Å²) in [5, 5.41) is 3.78. The Bertz CT molecular complexity index is 638. The Kier molecular flexibility index (Phi) is 3.16. The molecule has 0 aliphatic heterocycles. The van der Waals surface area contributed by atoms with E-state index in [0.717, 1.165) is 0 Å². The molecule has 0 bridgehead atoms. The summed E-state index contributed by atoms with van der Waals surface area (Å²) >= 11 is 3.22. The Balaban J connectivity index is 2.35. The average Bonchev–Trinajstić information content (AvgIpc) is 2.64. The van der Waals surface area contributed by atoms with Gasteiger partial charge in [0.25, 0.3) is 10.0 Å². The molecule has 0 radical (unpaired) electrons. The fourth-order valence-electron chi connectivity index (χ4n) is 1.20. The molecule has 6 nitrogen and oxygen atoms in total. The largest absolute Gasteiger partial charge is 0.264 e. The number of halogens is 1. The van der Waals surface area contributed by atoms with Crippen LogP contribution in [0.3, 0.4) is 0 Å². The number of benzene rings is 1. The predicted molar refractivity (Wildman–Crippen MR) is 66.0 cm³/mol. The first-order valence-corrected chi connectivity index (χ1v) is 6.89. The van der Waals surface area contributed by atoms with Crippen molar-refractivity contribution in [2.45, 2.75) is 4.90 Å². The normalized spacial score (nSPS) is 11.4. The van der Waals surface area contributed by atoms with Crippen LogP contribution in [-0.2, 0) is 17.1 Å². The molecule has 0 fully saturated rings. The lowest BCUT2D eigenvalue weighted by atomic mass is 10.4. The van der Waals surface area contributed by atoms with E-state index in [2.05, 4.69) is 30.7 Å². The minimum absolute atomic E-state index is 0.162. The molecule has 2 rings (SSSR count). The Labute approximate surface area is 107 Å². The zero-order valence-electron chi connectivity index (χ0n) is 8.83. The first-order valence-electron chi connectivity index (χ1n) is 4.61. The van der Waals surface area contributed by atoms with Gasteiger partial charge in [0, 0.05) is 11.5 Å². The van der Waals surface area contributed by atoms with Crippen molar-refractivity contribution in [3.05, 3.63) is 35.1 Å². The van der Waals surface area contributed by atoms with Gasteiger partial charge >= 0.3 is 0 Å². The average molecular weight is 317 g/mol. The summed E-state index contributed by atoms with van der Waals surface area (Å²) in [6, 6.07) is 6.42. The second kappa shape index (κ2) is 4.46. The molecule has 8 heteroatoms. The Hall–Kier alpha value is -1.41. The fourth-order valence-corrected chi connectivity index (χ4v) is 2.84. The van der Waals surface area contributed by atoms with Crippen molar-refractivity contribution >= 4 is 31.9 Å². The van der Waals surface area contributed by atoms with Crippen LogP contribution in [0.4, 0.5) is 5.95 Å². The summed E-state index contributed by atoms with van der Waals surface area (Å²) in [4.78, 5) is 3.96. The standard InChI is InChI=1S/C9H9BrN4O2S/c1-14-9(11-6-12-14)13-17(15,16)8-4-2-3-7(10)5-8/h2-6H,1H3,(H,11,12,13). The van der Waals surface area contributed by atoms with Crippen molar-refractivity contribution in [3.8, 4) is 0 Å². The molecule has 0 amide bonds. The maximum Gasteiger partial charge on any atom is 0.264 e. The highest BCUT2D eigenvalue weighted by Crippen LogP contribution is 2.18. The molecule has 0 saturated carbocycles. The fraction of sp³-hybridized carbons (Fsp3) is 0.111. The number of hydrogen-bond acceptors (Lipinski definition) is 4. The number of aromatic nitrogens is 3. The second-order valence-corrected chi connectivity index (χ2v) is 5.87. The van der Waals surface area contributed by atoms with Gasteiger partial charge in [-0.1, -0.05) is 22.0 Å². The SMILES string of the molecule is Cn1ncnc1NS(=O)(=O)c1cccc(Br)c1. The Morgan fingerprint density at radius 3 is 2.76 bits per heavy atom. The van der Waals surface area contributed by atoms with Crippen LogP contribution in [0.2, 0.25) is 0 Å². The summed E-state index contributed by atoms with van der Waals surface area (Å²) in [7, 11) is -2.03. The minimum Gasteiger partial charge on any atom is -0.247 e. The number of rotatable bonds is 3. The zero-order valence-corrected chi connectivity index (χ0v) is 11.2. The van der Waals surface area contributed by atoms with Crippen LogP contribution >= 0.6 is 15.9 Å². The second-order valence-electron chi connectivity index (χ2n) is 3.27. The maximum atomic E-state index is 12.0. The molecular formula is C9H9BrN4O2S. The first-order chi connectivity index (χ1) is 7.99. The zero-order chi connectivity index (χ0) is 12.5. The van der Waals surface area contributed by atoms with Crippen molar-refractivity contribution in [1.29, 1.82) is 0 Å². The summed E-state index contributed by atoms with van der Waals surface area (Å²) in [5.41, 5.74) is 0. The lowest BCUT2D eigenvalue weighted by Crippen LogP contribution is -2.16. The van der Waals surface area contributed by atoms with Crippen LogP contribution in [0, 0.1) is 0 Å². The van der Waals surface area contributed by atoms with Crippen LogP contribution in [0.1, 0.15) is 0 Å². The summed E-state index contributed by atoms with van der Waals surface area (Å²) in [6.07, 6.45) is 1.28. The Morgan fingerprint density at radius 2 is 2.18 bits per heavy atom. The maximum absolute atomic E-state index is 12.0. The van der Waals surface area contributed by atoms with Crippen LogP contribution in [0.15, 0.2) is 40.0 Å². The number of aryl methyl sites for hydroxylation is 1. The van der Waals surface area contributed by atoms with Crippen molar-refractivity contribution in [3.63, 3.8) is 0 Å². The molecule has 1 heterocycles. The smallest absolute Gasteiger partial charge is 0.247 e. The van der Waals surface area contributed by atoms with Gasteiger partial charge in [-0.15, -0.1) is 0 Å². The summed E-state index contributed by atoms with van der Waals surface area (Å²) in [5.74, 6) is 0.171. The quantitative estimate of drug-likeness (QED) is 0.928. The highest BCUT2D eigenvalue weighted by atomic mass is 79.9. The van der Waals surface area contributed by atoms with E-state index in [4.69, 9.17) is 0 Å². The van der Waals surface area contributed by atoms with E-state index in [1.54, 1.807) is 19.2 Å². The van der Waals surface area contributed by atoms with Crippen molar-refractivity contribution in [1.82, 2.24) is 14.8 Å². The third-order valence-corrected chi connectivity index (χ3v) is 3.86. The van der Waals surface area contributed by atoms with Crippen molar-refractivity contribution < 1.29 is 8.42 Å². The van der Waals surface area contributed by atoms with E-state index < -0.39 is 10.0 Å². The molecule has 1 N–H and O–H groups in total. The van der Waals surface area contributed by atoms with Gasteiger partial charge in [-0.2, -0.15) is 10.1 Å². The molecule has 2 aromatic rings. The van der Waals surface area contributed by atoms with E-state index in [0.29, 0.717) is 4.47 Å². The Morgan fingerprint density at radius 1 is 1.41 bits per heavy atom. The third-order valence-electron chi connectivity index (χ3n) is 2.04. The van der Waals surface area contributed by atoms with Crippen molar-refractivity contribution in [2.75, 3.05) is 4.72 Å². The van der Waals surface area contributed by atoms with Crippen LogP contribution in [-0.4, -0.2) is 23.2 Å². The van der Waals surface area contributed by atoms with E-state index in [-0.39, 0.29) is 10.8 Å². The lowest BCUT2D eigenvalue weighted by Gasteiger charge is -2.06. The van der Waals surface area contributed by atoms with Crippen molar-refractivity contribution in [2.24, 2.45) is 7.05 Å². The number of hydrogen-bond donors (Lipinski definition) is 1. The molecule has 0 atom stereocenters. The highest BCUT2D eigenvalue weighted by molar-refractivity contribution is 9.10. The highest BCUT2D eigenvalue weighted by Gasteiger charge is 2.16. The third kappa shape index (κ3) is 2.64. The van der Waals surface area contributed by atoms with E-state index >= 15 is 0 Å². The van der Waals surface area contributed by atoms with E-state index in [1.165, 1.54) is 23.1 Å². The van der Waals surface area contributed by atoms with E-state index in [1.807, 2.05) is 0 Å². The molecule has 1 aromatic carbocycles. The lowest BCUT2D eigenvalue weighted by molar-refractivity contribution is 0.600. The number of nitrogens with one attached hydrogen (secondary N) is 1. The molecule has 0 spiro atoms. The molecular weight excluding hydrogens is 308 g/mol. The molecule has 0 aliphatic carbocycles. The number of nitrogens with zero attached hydrogens (tertiary/aromatic N) is 3. The van der Waals surface area contributed by atoms with Gasteiger partial charge in [0.1, 0.15) is 6.33 Å². The molecule has 17 heavy (non-hydrogen) atoms.